The Balaban J connectivity index is -0.0000000511. The van der Waals surface area contributed by atoms with Crippen LogP contribution in [0.2, 0.25) is 0 Å². The molecule has 86 valence electrons. The fraction of sp³-hybridized carbons (Fsp3) is 0. The number of rotatable bonds is 2. The van der Waals surface area contributed by atoms with E-state index in [1.54, 1.807) is 0 Å². The summed E-state index contributed by atoms with van der Waals surface area (Å²) in [6.07, 6.45) is -1.83. The molecule has 0 atom stereocenters. The molecular weight excluding hydrogens is 304 g/mol. The molecule has 0 saturated heterocycles. The molecule has 0 aromatic heterocycles. The van der Waals surface area contributed by atoms with Gasteiger partial charge in [-0.25, -0.2) is 9.36 Å². The van der Waals surface area contributed by atoms with Crippen LogP contribution in [0.4, 0.5) is 4.79 Å². The number of hydrogen-bond acceptors (Lipinski definition) is 5. The van der Waals surface area contributed by atoms with Gasteiger partial charge >= 0.3 is 113 Å². The maximum atomic E-state index is 9.58. The second kappa shape index (κ2) is 13.7. The van der Waals surface area contributed by atoms with Gasteiger partial charge in [-0.05, 0) is 0 Å². The monoisotopic (exact) mass is 312 g/mol. The molecule has 0 heterocycles. The molecule has 0 unspecified atom stereocenters. The third-order valence-corrected chi connectivity index (χ3v) is 1.72. The van der Waals surface area contributed by atoms with E-state index in [-0.39, 0.29) is 88.7 Å². The number of carbonyl (C=O) groups is 1. The maximum absolute atomic E-state index is 9.58. The summed E-state index contributed by atoms with van der Waals surface area (Å²) in [6, 6.07) is 0. The summed E-state index contributed by atoms with van der Waals surface area (Å²) < 4.78 is 39.0. The first-order valence-electron chi connectivity index (χ1n) is 2.10. The van der Waals surface area contributed by atoms with Crippen LogP contribution < -0.4 is 0 Å². The molecule has 0 amide bonds. The first-order valence-corrected chi connectivity index (χ1v) is 4.99. The van der Waals surface area contributed by atoms with Crippen molar-refractivity contribution in [3.8, 4) is 0 Å². The fourth-order valence-electron chi connectivity index (χ4n) is 0.123. The van der Waals surface area contributed by atoms with Crippen LogP contribution in [0.5, 0.6) is 0 Å². The molecule has 0 bridgehead atoms. The van der Waals surface area contributed by atoms with Crippen molar-refractivity contribution >= 4 is 113 Å². The zero-order chi connectivity index (χ0) is 11.3. The quantitative estimate of drug-likeness (QED) is 0.203. The number of carboxylic acid groups (broad SMARTS) is 2. The molecule has 10 nitrogen and oxygen atoms in total. The molecule has 0 aromatic rings. The van der Waals surface area contributed by atoms with Gasteiger partial charge < -0.3 is 20.0 Å². The van der Waals surface area contributed by atoms with E-state index in [9.17, 15) is 13.0 Å². The van der Waals surface area contributed by atoms with Gasteiger partial charge in [-0.1, -0.05) is 0 Å². The van der Waals surface area contributed by atoms with Gasteiger partial charge in [0.2, 0.25) is 0 Å². The van der Waals surface area contributed by atoms with E-state index >= 15 is 0 Å². The average Bonchev–Trinajstić information content (AvgIpc) is 1.47. The zero-order valence-electron chi connectivity index (χ0n) is 5.63. The van der Waals surface area contributed by atoms with Gasteiger partial charge in [-0.2, -0.15) is 8.42 Å². The molecule has 0 aliphatic heterocycles. The normalized spacial score (nSPS) is 9.19. The molecule has 0 saturated carbocycles. The first-order chi connectivity index (χ1) is 5.44. The van der Waals surface area contributed by atoms with E-state index < -0.39 is 24.4 Å². The van der Waals surface area contributed by atoms with Crippen LogP contribution >= 0.6 is 7.82 Å². The minimum absolute atomic E-state index is 0. The molecule has 0 fully saturated rings. The summed E-state index contributed by atoms with van der Waals surface area (Å²) in [5, 5.41) is 13.9. The topological polar surface area (TPSA) is 179 Å². The van der Waals surface area contributed by atoms with Crippen LogP contribution in [-0.2, 0) is 18.9 Å². The standard InChI is InChI=1S/CH2O3.3Na.H3O7PS.3H/c2-1(3)4;;;;1-8(2,3)7-9(4,5)6;;;/h(H2,2,3,4);;;;(H2,1,2,3)(H,4,5,6);;;. The van der Waals surface area contributed by atoms with Gasteiger partial charge in [0.1, 0.15) is 0 Å². The Bertz CT molecular complexity index is 300. The van der Waals surface area contributed by atoms with Crippen molar-refractivity contribution in [1.82, 2.24) is 0 Å². The molecule has 0 rings (SSSR count). The van der Waals surface area contributed by atoms with Crippen LogP contribution in [0.15, 0.2) is 0 Å². The van der Waals surface area contributed by atoms with E-state index in [0.717, 1.165) is 0 Å². The van der Waals surface area contributed by atoms with Crippen molar-refractivity contribution in [3.05, 3.63) is 0 Å². The second-order valence-corrected chi connectivity index (χ2v) is 3.71. The van der Waals surface area contributed by atoms with Gasteiger partial charge in [0.25, 0.3) is 0 Å². The Morgan fingerprint density at radius 3 is 1.25 bits per heavy atom. The van der Waals surface area contributed by atoms with Crippen LogP contribution in [0, 0.1) is 0 Å². The Morgan fingerprint density at radius 1 is 1.06 bits per heavy atom. The Kier molecular flexibility index (Phi) is 26.5. The first kappa shape index (κ1) is 31.0. The third kappa shape index (κ3) is 55.4. The van der Waals surface area contributed by atoms with Crippen LogP contribution in [0.25, 0.3) is 0 Å². The summed E-state index contributed by atoms with van der Waals surface area (Å²) in [6.45, 7) is 0. The second-order valence-electron chi connectivity index (χ2n) is 1.28. The predicted octanol–water partition coefficient (Wildman–Crippen LogP) is -2.82. The molecule has 0 aromatic carbocycles. The van der Waals surface area contributed by atoms with E-state index in [1.165, 1.54) is 0 Å². The van der Waals surface area contributed by atoms with Gasteiger partial charge in [-0.3, -0.25) is 4.55 Å². The molecule has 0 spiro atoms. The van der Waals surface area contributed by atoms with Gasteiger partial charge in [0, 0.05) is 0 Å². The Morgan fingerprint density at radius 2 is 1.25 bits per heavy atom. The van der Waals surface area contributed by atoms with Crippen LogP contribution in [0.3, 0.4) is 0 Å². The van der Waals surface area contributed by atoms with Gasteiger partial charge in [0.05, 0.1) is 0 Å². The van der Waals surface area contributed by atoms with Gasteiger partial charge in [-0.15, -0.1) is 3.97 Å². The van der Waals surface area contributed by atoms with E-state index in [2.05, 4.69) is 3.97 Å². The molecule has 0 radical (unpaired) electrons. The molecule has 0 aliphatic rings. The SMILES string of the molecule is O=C(O)O.O=P(O)(O)OS(=O)(=O)O.[NaH].[NaH].[NaH]. The minimum atomic E-state index is -5.13. The van der Waals surface area contributed by atoms with Gasteiger partial charge in [0.15, 0.2) is 0 Å². The van der Waals surface area contributed by atoms with Crippen molar-refractivity contribution in [2.24, 2.45) is 0 Å². The average molecular weight is 312 g/mol. The van der Waals surface area contributed by atoms with E-state index in [4.69, 9.17) is 29.3 Å². The fourth-order valence-corrected chi connectivity index (χ4v) is 1.10. The third-order valence-electron chi connectivity index (χ3n) is 0.191. The summed E-state index contributed by atoms with van der Waals surface area (Å²) in [5.41, 5.74) is 0. The van der Waals surface area contributed by atoms with E-state index in [0.29, 0.717) is 0 Å². The van der Waals surface area contributed by atoms with Crippen molar-refractivity contribution in [2.75, 3.05) is 0 Å². The molecule has 0 aliphatic carbocycles. The predicted molar refractivity (Wildman–Crippen MR) is 56.8 cm³/mol. The molecule has 5 N–H and O–H groups in total. The van der Waals surface area contributed by atoms with Crippen molar-refractivity contribution in [3.63, 3.8) is 0 Å². The Hall–Kier alpha value is 2.29. The van der Waals surface area contributed by atoms with E-state index in [1.807, 2.05) is 0 Å². The summed E-state index contributed by atoms with van der Waals surface area (Å²) >= 11 is 0. The van der Waals surface area contributed by atoms with Crippen LogP contribution in [-0.4, -0.2) is 128 Å². The molecular formula is CH8Na3O10PS. The Labute approximate surface area is 157 Å². The zero-order valence-corrected chi connectivity index (χ0v) is 7.34. The van der Waals surface area contributed by atoms with Crippen LogP contribution in [0.1, 0.15) is 0 Å². The number of phosphoric acid groups is 1. The summed E-state index contributed by atoms with van der Waals surface area (Å²) in [5.74, 6) is 0. The molecule has 15 heteroatoms. The summed E-state index contributed by atoms with van der Waals surface area (Å²) in [4.78, 5) is 24.0. The molecule has 16 heavy (non-hydrogen) atoms. The van der Waals surface area contributed by atoms with Crippen molar-refractivity contribution < 1.29 is 46.3 Å². The van der Waals surface area contributed by atoms with Crippen molar-refractivity contribution in [2.45, 2.75) is 0 Å². The van der Waals surface area contributed by atoms with Crippen molar-refractivity contribution in [1.29, 1.82) is 0 Å². The number of hydrogen-bond donors (Lipinski definition) is 5. The summed E-state index contributed by atoms with van der Waals surface area (Å²) in [7, 11) is -10.2.